The first-order chi connectivity index (χ1) is 10.6. The van der Waals surface area contributed by atoms with Gasteiger partial charge >= 0.3 is 0 Å². The lowest BCUT2D eigenvalue weighted by Crippen LogP contribution is -2.35. The van der Waals surface area contributed by atoms with Crippen LogP contribution in [0.5, 0.6) is 0 Å². The van der Waals surface area contributed by atoms with Crippen molar-refractivity contribution in [3.8, 4) is 0 Å². The molecule has 0 N–H and O–H groups in total. The number of amides is 1. The summed E-state index contributed by atoms with van der Waals surface area (Å²) in [7, 11) is 1.88. The van der Waals surface area contributed by atoms with E-state index in [0.29, 0.717) is 5.56 Å². The zero-order valence-corrected chi connectivity index (χ0v) is 12.7. The quantitative estimate of drug-likeness (QED) is 0.853. The molecule has 22 heavy (non-hydrogen) atoms. The number of likely N-dealkylation sites (tertiary alicyclic amines) is 1. The highest BCUT2D eigenvalue weighted by atomic mass is 19.1. The van der Waals surface area contributed by atoms with E-state index in [1.54, 1.807) is 16.8 Å². The molecule has 1 aromatic heterocycles. The van der Waals surface area contributed by atoms with Gasteiger partial charge in [-0.05, 0) is 43.2 Å². The van der Waals surface area contributed by atoms with E-state index < -0.39 is 0 Å². The Hall–Kier alpha value is -2.17. The molecule has 0 saturated carbocycles. The molecule has 3 rings (SSSR count). The van der Waals surface area contributed by atoms with Gasteiger partial charge in [-0.3, -0.25) is 9.48 Å². The monoisotopic (exact) mass is 301 g/mol. The van der Waals surface area contributed by atoms with E-state index in [-0.39, 0.29) is 17.8 Å². The number of nitrogens with zero attached hydrogens (tertiary/aromatic N) is 3. The highest BCUT2D eigenvalue weighted by molar-refractivity contribution is 5.94. The largest absolute Gasteiger partial charge is 0.330 e. The molecular weight excluding hydrogens is 281 g/mol. The number of hydrogen-bond acceptors (Lipinski definition) is 2. The number of benzene rings is 1. The third-order valence-electron chi connectivity index (χ3n) is 4.18. The van der Waals surface area contributed by atoms with E-state index >= 15 is 0 Å². The molecule has 1 aromatic carbocycles. The van der Waals surface area contributed by atoms with E-state index in [1.807, 2.05) is 24.2 Å². The summed E-state index contributed by atoms with van der Waals surface area (Å²) in [5.41, 5.74) is 1.46. The molecule has 2 heterocycles. The van der Waals surface area contributed by atoms with Crippen LogP contribution in [0.4, 0.5) is 4.39 Å². The van der Waals surface area contributed by atoms with Crippen LogP contribution < -0.4 is 0 Å². The number of rotatable bonds is 2. The third kappa shape index (κ3) is 3.03. The number of halogens is 1. The number of hydrogen-bond donors (Lipinski definition) is 0. The number of aryl methyl sites for hydroxylation is 1. The van der Waals surface area contributed by atoms with E-state index in [2.05, 4.69) is 5.10 Å². The fourth-order valence-corrected chi connectivity index (χ4v) is 3.03. The lowest BCUT2D eigenvalue weighted by molar-refractivity contribution is 0.0676. The highest BCUT2D eigenvalue weighted by Gasteiger charge is 2.28. The van der Waals surface area contributed by atoms with E-state index in [1.165, 1.54) is 12.1 Å². The molecule has 0 radical (unpaired) electrons. The molecule has 0 bridgehead atoms. The van der Waals surface area contributed by atoms with Gasteiger partial charge in [-0.1, -0.05) is 12.8 Å². The summed E-state index contributed by atoms with van der Waals surface area (Å²) >= 11 is 0. The van der Waals surface area contributed by atoms with Gasteiger partial charge in [0.15, 0.2) is 0 Å². The van der Waals surface area contributed by atoms with Gasteiger partial charge < -0.3 is 4.90 Å². The Labute approximate surface area is 129 Å². The Kier molecular flexibility index (Phi) is 4.22. The van der Waals surface area contributed by atoms with Crippen LogP contribution in [0.1, 0.15) is 47.8 Å². The fourth-order valence-electron chi connectivity index (χ4n) is 3.03. The molecule has 1 aliphatic heterocycles. The molecule has 1 amide bonds. The predicted octanol–water partition coefficient (Wildman–Crippen LogP) is 3.32. The van der Waals surface area contributed by atoms with Crippen LogP contribution in [0.3, 0.4) is 0 Å². The maximum absolute atomic E-state index is 13.1. The third-order valence-corrected chi connectivity index (χ3v) is 4.18. The van der Waals surface area contributed by atoms with Crippen LogP contribution in [0.25, 0.3) is 0 Å². The van der Waals surface area contributed by atoms with Crippen molar-refractivity contribution < 1.29 is 9.18 Å². The molecule has 1 aliphatic rings. The Morgan fingerprint density at radius 3 is 2.64 bits per heavy atom. The van der Waals surface area contributed by atoms with E-state index in [0.717, 1.165) is 37.9 Å². The van der Waals surface area contributed by atoms with Gasteiger partial charge in [-0.15, -0.1) is 0 Å². The maximum Gasteiger partial charge on any atom is 0.254 e. The van der Waals surface area contributed by atoms with Crippen molar-refractivity contribution in [2.24, 2.45) is 7.05 Å². The zero-order chi connectivity index (χ0) is 15.5. The van der Waals surface area contributed by atoms with Crippen molar-refractivity contribution in [3.63, 3.8) is 0 Å². The molecule has 1 atom stereocenters. The minimum absolute atomic E-state index is 0.00116. The van der Waals surface area contributed by atoms with E-state index in [9.17, 15) is 9.18 Å². The molecule has 0 unspecified atom stereocenters. The Bertz CT molecular complexity index is 650. The van der Waals surface area contributed by atoms with Crippen molar-refractivity contribution in [1.29, 1.82) is 0 Å². The van der Waals surface area contributed by atoms with Crippen molar-refractivity contribution in [1.82, 2.24) is 14.7 Å². The highest BCUT2D eigenvalue weighted by Crippen LogP contribution is 2.30. The zero-order valence-electron chi connectivity index (χ0n) is 12.7. The van der Waals surface area contributed by atoms with Crippen LogP contribution in [-0.2, 0) is 7.05 Å². The molecule has 116 valence electrons. The predicted molar refractivity (Wildman–Crippen MR) is 81.9 cm³/mol. The number of carbonyl (C=O) groups excluding carboxylic acids is 1. The summed E-state index contributed by atoms with van der Waals surface area (Å²) in [5.74, 6) is -0.369. The minimum Gasteiger partial charge on any atom is -0.330 e. The molecule has 4 nitrogen and oxygen atoms in total. The molecular formula is C17H20FN3O. The first kappa shape index (κ1) is 14.8. The molecule has 0 spiro atoms. The molecule has 0 aliphatic carbocycles. The van der Waals surface area contributed by atoms with Crippen molar-refractivity contribution >= 4 is 5.91 Å². The molecule has 1 fully saturated rings. The maximum atomic E-state index is 13.1. The van der Waals surface area contributed by atoms with Crippen LogP contribution in [0.2, 0.25) is 0 Å². The van der Waals surface area contributed by atoms with Gasteiger partial charge in [0.1, 0.15) is 5.82 Å². The SMILES string of the molecule is Cn1ccc([C@H]2CCCCCN2C(=O)c2ccc(F)cc2)n1. The first-order valence-corrected chi connectivity index (χ1v) is 7.71. The van der Waals surface area contributed by atoms with Gasteiger partial charge in [0.05, 0.1) is 11.7 Å². The summed E-state index contributed by atoms with van der Waals surface area (Å²) in [4.78, 5) is 14.7. The Balaban J connectivity index is 1.89. The summed E-state index contributed by atoms with van der Waals surface area (Å²) in [5, 5.41) is 4.48. The first-order valence-electron chi connectivity index (χ1n) is 7.71. The van der Waals surface area contributed by atoms with Crippen LogP contribution in [-0.4, -0.2) is 27.1 Å². The summed E-state index contributed by atoms with van der Waals surface area (Å²) in [6.07, 6.45) is 6.03. The number of carbonyl (C=O) groups is 1. The van der Waals surface area contributed by atoms with Crippen LogP contribution in [0.15, 0.2) is 36.5 Å². The summed E-state index contributed by atoms with van der Waals surface area (Å²) < 4.78 is 14.8. The standard InChI is InChI=1S/C17H20FN3O/c1-20-12-10-15(19-20)16-5-3-2-4-11-21(16)17(22)13-6-8-14(18)9-7-13/h6-10,12,16H,2-5,11H2,1H3/t16-/m1/s1. The average Bonchev–Trinajstić information content (AvgIpc) is 2.81. The average molecular weight is 301 g/mol. The topological polar surface area (TPSA) is 38.1 Å². The van der Waals surface area contributed by atoms with E-state index in [4.69, 9.17) is 0 Å². The van der Waals surface area contributed by atoms with Crippen molar-refractivity contribution in [2.45, 2.75) is 31.7 Å². The smallest absolute Gasteiger partial charge is 0.254 e. The van der Waals surface area contributed by atoms with Gasteiger partial charge in [-0.2, -0.15) is 5.10 Å². The fraction of sp³-hybridized carbons (Fsp3) is 0.412. The number of aromatic nitrogens is 2. The minimum atomic E-state index is -0.325. The second-order valence-electron chi connectivity index (χ2n) is 5.78. The van der Waals surface area contributed by atoms with Gasteiger partial charge in [0.2, 0.25) is 0 Å². The lowest BCUT2D eigenvalue weighted by Gasteiger charge is -2.29. The lowest BCUT2D eigenvalue weighted by atomic mass is 10.1. The van der Waals surface area contributed by atoms with Crippen LogP contribution in [0, 0.1) is 5.82 Å². The molecule has 1 saturated heterocycles. The van der Waals surface area contributed by atoms with Gasteiger partial charge in [-0.25, -0.2) is 4.39 Å². The van der Waals surface area contributed by atoms with Gasteiger partial charge in [0.25, 0.3) is 5.91 Å². The van der Waals surface area contributed by atoms with Crippen molar-refractivity contribution in [3.05, 3.63) is 53.6 Å². The Morgan fingerprint density at radius 2 is 1.95 bits per heavy atom. The summed E-state index contributed by atoms with van der Waals surface area (Å²) in [6.45, 7) is 0.720. The molecule has 5 heteroatoms. The second-order valence-corrected chi connectivity index (χ2v) is 5.78. The van der Waals surface area contributed by atoms with Crippen LogP contribution >= 0.6 is 0 Å². The summed E-state index contributed by atoms with van der Waals surface area (Å²) in [6, 6.07) is 7.75. The van der Waals surface area contributed by atoms with Gasteiger partial charge in [0, 0.05) is 25.4 Å². The van der Waals surface area contributed by atoms with Crippen molar-refractivity contribution in [2.75, 3.05) is 6.54 Å². The normalized spacial score (nSPS) is 19.0. The molecule has 2 aromatic rings. The Morgan fingerprint density at radius 1 is 1.18 bits per heavy atom. The second kappa shape index (κ2) is 6.30.